The van der Waals surface area contributed by atoms with Gasteiger partial charge in [-0.2, -0.15) is 0 Å². The van der Waals surface area contributed by atoms with Gasteiger partial charge in [-0.25, -0.2) is 0 Å². The Balaban J connectivity index is 1.82. The Morgan fingerprint density at radius 3 is 2.86 bits per heavy atom. The van der Waals surface area contributed by atoms with Crippen LogP contribution in [0.15, 0.2) is 11.4 Å². The Hall–Kier alpha value is -1.84. The van der Waals surface area contributed by atoms with Crippen LogP contribution in [0.1, 0.15) is 34.5 Å². The van der Waals surface area contributed by atoms with E-state index >= 15 is 0 Å². The normalized spacial score (nSPS) is 13.7. The van der Waals surface area contributed by atoms with Crippen molar-refractivity contribution >= 4 is 23.2 Å². The molecule has 5 nitrogen and oxygen atoms in total. The van der Waals surface area contributed by atoms with Crippen LogP contribution in [0, 0.1) is 11.8 Å². The summed E-state index contributed by atoms with van der Waals surface area (Å²) >= 11 is 1.30. The maximum atomic E-state index is 12.0. The van der Waals surface area contributed by atoms with E-state index in [1.54, 1.807) is 11.4 Å². The summed E-state index contributed by atoms with van der Waals surface area (Å²) < 4.78 is 0. The zero-order valence-corrected chi connectivity index (χ0v) is 12.5. The second-order valence-electron chi connectivity index (χ2n) is 4.72. The fourth-order valence-electron chi connectivity index (χ4n) is 2.21. The van der Waals surface area contributed by atoms with Crippen molar-refractivity contribution in [2.45, 2.75) is 19.3 Å². The van der Waals surface area contributed by atoms with Crippen molar-refractivity contribution in [3.63, 3.8) is 0 Å². The number of aliphatic hydroxyl groups excluding tert-OH is 1. The minimum absolute atomic E-state index is 0.0966. The van der Waals surface area contributed by atoms with E-state index in [2.05, 4.69) is 17.2 Å². The molecule has 1 aromatic rings. The van der Waals surface area contributed by atoms with Crippen molar-refractivity contribution < 1.29 is 14.7 Å². The molecule has 2 rings (SSSR count). The van der Waals surface area contributed by atoms with Gasteiger partial charge in [0.05, 0.1) is 0 Å². The second kappa shape index (κ2) is 7.81. The third-order valence-electron chi connectivity index (χ3n) is 3.26. The summed E-state index contributed by atoms with van der Waals surface area (Å²) in [5, 5.41) is 13.2. The number of hydrogen-bond donors (Lipinski definition) is 2. The quantitative estimate of drug-likeness (QED) is 0.810. The predicted molar refractivity (Wildman–Crippen MR) is 81.0 cm³/mol. The van der Waals surface area contributed by atoms with Crippen molar-refractivity contribution in [2.24, 2.45) is 0 Å². The molecule has 1 saturated heterocycles. The molecular weight excluding hydrogens is 288 g/mol. The molecule has 0 aliphatic carbocycles. The van der Waals surface area contributed by atoms with Crippen LogP contribution in [0.2, 0.25) is 0 Å². The lowest BCUT2D eigenvalue weighted by molar-refractivity contribution is -0.129. The van der Waals surface area contributed by atoms with Crippen LogP contribution >= 0.6 is 11.3 Å². The van der Waals surface area contributed by atoms with Gasteiger partial charge in [-0.1, -0.05) is 11.8 Å². The van der Waals surface area contributed by atoms with Gasteiger partial charge in [0, 0.05) is 31.6 Å². The van der Waals surface area contributed by atoms with Crippen molar-refractivity contribution in [1.82, 2.24) is 10.2 Å². The molecule has 2 N–H and O–H groups in total. The standard InChI is InChI=1S/C15H18N2O3S/c18-10-3-4-12-6-11-21-14(12)15(20)16-7-5-13(19)17-8-1-2-9-17/h6,11,18H,1-2,5,7-10H2,(H,16,20). The Morgan fingerprint density at radius 1 is 1.38 bits per heavy atom. The monoisotopic (exact) mass is 306 g/mol. The minimum Gasteiger partial charge on any atom is -0.384 e. The number of carbonyl (C=O) groups excluding carboxylic acids is 2. The van der Waals surface area contributed by atoms with Gasteiger partial charge in [0.1, 0.15) is 11.5 Å². The lowest BCUT2D eigenvalue weighted by Gasteiger charge is -2.15. The molecule has 112 valence electrons. The summed E-state index contributed by atoms with van der Waals surface area (Å²) in [6, 6.07) is 1.75. The van der Waals surface area contributed by atoms with Crippen molar-refractivity contribution in [3.8, 4) is 11.8 Å². The van der Waals surface area contributed by atoms with Gasteiger partial charge in [-0.3, -0.25) is 9.59 Å². The van der Waals surface area contributed by atoms with E-state index in [-0.39, 0.29) is 18.4 Å². The molecule has 21 heavy (non-hydrogen) atoms. The summed E-state index contributed by atoms with van der Waals surface area (Å²) in [6.07, 6.45) is 2.47. The predicted octanol–water partition coefficient (Wildman–Crippen LogP) is 0.834. The Bertz CT molecular complexity index is 565. The maximum Gasteiger partial charge on any atom is 0.262 e. The Morgan fingerprint density at radius 2 is 2.14 bits per heavy atom. The third-order valence-corrected chi connectivity index (χ3v) is 4.17. The average molecular weight is 306 g/mol. The highest BCUT2D eigenvalue weighted by Gasteiger charge is 2.18. The van der Waals surface area contributed by atoms with Crippen LogP contribution in [-0.4, -0.2) is 48.1 Å². The number of thiophene rings is 1. The summed E-state index contributed by atoms with van der Waals surface area (Å²) in [5.74, 6) is 5.15. The molecule has 0 spiro atoms. The topological polar surface area (TPSA) is 69.6 Å². The maximum absolute atomic E-state index is 12.0. The molecule has 2 heterocycles. The van der Waals surface area contributed by atoms with Gasteiger partial charge < -0.3 is 15.3 Å². The van der Waals surface area contributed by atoms with Crippen LogP contribution in [0.5, 0.6) is 0 Å². The molecule has 1 aliphatic rings. The van der Waals surface area contributed by atoms with E-state index < -0.39 is 0 Å². The molecule has 0 radical (unpaired) electrons. The van der Waals surface area contributed by atoms with Crippen LogP contribution in [-0.2, 0) is 4.79 Å². The third kappa shape index (κ3) is 4.31. The minimum atomic E-state index is -0.235. The molecule has 0 atom stereocenters. The van der Waals surface area contributed by atoms with E-state index in [4.69, 9.17) is 5.11 Å². The number of hydrogen-bond acceptors (Lipinski definition) is 4. The number of nitrogens with zero attached hydrogens (tertiary/aromatic N) is 1. The summed E-state index contributed by atoms with van der Waals surface area (Å²) in [7, 11) is 0. The SMILES string of the molecule is O=C(NCCC(=O)N1CCCC1)c1sccc1C#CCO. The molecule has 0 saturated carbocycles. The largest absolute Gasteiger partial charge is 0.384 e. The van der Waals surface area contributed by atoms with Gasteiger partial charge in [0.25, 0.3) is 5.91 Å². The molecule has 2 amide bonds. The van der Waals surface area contributed by atoms with Gasteiger partial charge in [-0.15, -0.1) is 11.3 Å². The van der Waals surface area contributed by atoms with Crippen LogP contribution < -0.4 is 5.32 Å². The number of carbonyl (C=O) groups is 2. The van der Waals surface area contributed by atoms with E-state index in [9.17, 15) is 9.59 Å². The smallest absolute Gasteiger partial charge is 0.262 e. The van der Waals surface area contributed by atoms with E-state index in [1.807, 2.05) is 4.90 Å². The Kier molecular flexibility index (Phi) is 5.78. The fourth-order valence-corrected chi connectivity index (χ4v) is 2.97. The molecular formula is C15H18N2O3S. The molecule has 1 aromatic heterocycles. The first-order chi connectivity index (χ1) is 10.2. The summed E-state index contributed by atoms with van der Waals surface area (Å²) in [4.78, 5) is 26.2. The van der Waals surface area contributed by atoms with E-state index in [0.717, 1.165) is 25.9 Å². The highest BCUT2D eigenvalue weighted by molar-refractivity contribution is 7.12. The number of aliphatic hydroxyl groups is 1. The van der Waals surface area contributed by atoms with Crippen molar-refractivity contribution in [3.05, 3.63) is 21.9 Å². The molecule has 6 heteroatoms. The first-order valence-electron chi connectivity index (χ1n) is 6.95. The fraction of sp³-hybridized carbons (Fsp3) is 0.467. The van der Waals surface area contributed by atoms with Crippen LogP contribution in [0.4, 0.5) is 0 Å². The van der Waals surface area contributed by atoms with Crippen LogP contribution in [0.25, 0.3) is 0 Å². The molecule has 1 aliphatic heterocycles. The first-order valence-corrected chi connectivity index (χ1v) is 7.83. The van der Waals surface area contributed by atoms with Gasteiger partial charge in [0.2, 0.25) is 5.91 Å². The Labute approximate surface area is 128 Å². The van der Waals surface area contributed by atoms with E-state index in [1.165, 1.54) is 11.3 Å². The van der Waals surface area contributed by atoms with Gasteiger partial charge in [-0.05, 0) is 24.3 Å². The average Bonchev–Trinajstić information content (AvgIpc) is 3.15. The van der Waals surface area contributed by atoms with Crippen LogP contribution in [0.3, 0.4) is 0 Å². The zero-order valence-electron chi connectivity index (χ0n) is 11.7. The number of amides is 2. The zero-order chi connectivity index (χ0) is 15.1. The lowest BCUT2D eigenvalue weighted by atomic mass is 10.2. The highest BCUT2D eigenvalue weighted by atomic mass is 32.1. The second-order valence-corrected chi connectivity index (χ2v) is 5.63. The van der Waals surface area contributed by atoms with E-state index in [0.29, 0.717) is 23.4 Å². The van der Waals surface area contributed by atoms with Gasteiger partial charge in [0.15, 0.2) is 0 Å². The summed E-state index contributed by atoms with van der Waals surface area (Å²) in [6.45, 7) is 1.76. The van der Waals surface area contributed by atoms with Crippen molar-refractivity contribution in [1.29, 1.82) is 0 Å². The molecule has 0 unspecified atom stereocenters. The molecule has 0 aromatic carbocycles. The number of nitrogens with one attached hydrogen (secondary N) is 1. The van der Waals surface area contributed by atoms with Crippen molar-refractivity contribution in [2.75, 3.05) is 26.2 Å². The summed E-state index contributed by atoms with van der Waals surface area (Å²) in [5.41, 5.74) is 0.609. The highest BCUT2D eigenvalue weighted by Crippen LogP contribution is 2.15. The number of likely N-dealkylation sites (tertiary alicyclic amines) is 1. The van der Waals surface area contributed by atoms with Gasteiger partial charge >= 0.3 is 0 Å². The molecule has 1 fully saturated rings. The lowest BCUT2D eigenvalue weighted by Crippen LogP contribution is -2.32. The number of rotatable bonds is 4. The first kappa shape index (κ1) is 15.5. The molecule has 0 bridgehead atoms.